The minimum absolute atomic E-state index is 0.00560. The lowest BCUT2D eigenvalue weighted by Gasteiger charge is -2.38. The number of nitrogens with one attached hydrogen (secondary N) is 2. The number of ether oxygens (including phenoxy) is 1. The molecule has 0 bridgehead atoms. The molecule has 1 saturated heterocycles. The van der Waals surface area contributed by atoms with Crippen LogP contribution in [0.4, 0.5) is 0 Å². The van der Waals surface area contributed by atoms with Crippen LogP contribution in [0.5, 0.6) is 5.75 Å². The number of carbonyl (C=O) groups excluding carboxylic acids is 3. The molecule has 0 saturated carbocycles. The summed E-state index contributed by atoms with van der Waals surface area (Å²) in [5.41, 5.74) is 0.563. The van der Waals surface area contributed by atoms with Gasteiger partial charge in [0.1, 0.15) is 5.75 Å². The molecule has 2 aromatic rings. The summed E-state index contributed by atoms with van der Waals surface area (Å²) in [4.78, 5) is 40.4. The molecule has 2 atom stereocenters. The summed E-state index contributed by atoms with van der Waals surface area (Å²) in [5, 5.41) is 7.87. The number of carbonyl (C=O) groups is 3. The Morgan fingerprint density at radius 1 is 1.33 bits per heavy atom. The second-order valence-electron chi connectivity index (χ2n) is 7.92. The van der Waals surface area contributed by atoms with E-state index in [1.54, 1.807) is 28.4 Å². The Kier molecular flexibility index (Phi) is 5.51. The number of thiophene rings is 1. The van der Waals surface area contributed by atoms with Gasteiger partial charge in [0.2, 0.25) is 11.8 Å². The van der Waals surface area contributed by atoms with Crippen LogP contribution in [0.1, 0.15) is 53.0 Å². The second-order valence-corrected chi connectivity index (χ2v) is 8.90. The van der Waals surface area contributed by atoms with Gasteiger partial charge in [-0.1, -0.05) is 17.7 Å². The van der Waals surface area contributed by atoms with E-state index in [0.717, 1.165) is 10.4 Å². The third-order valence-electron chi connectivity index (χ3n) is 5.59. The molecule has 0 radical (unpaired) electrons. The van der Waals surface area contributed by atoms with Crippen LogP contribution in [0.15, 0.2) is 35.7 Å². The third kappa shape index (κ3) is 4.18. The second kappa shape index (κ2) is 8.10. The zero-order valence-corrected chi connectivity index (χ0v) is 17.9. The molecule has 2 aliphatic heterocycles. The van der Waals surface area contributed by atoms with Gasteiger partial charge in [0.25, 0.3) is 5.91 Å². The van der Waals surface area contributed by atoms with Crippen molar-refractivity contribution >= 4 is 29.1 Å². The van der Waals surface area contributed by atoms with Gasteiger partial charge in [0, 0.05) is 30.7 Å². The van der Waals surface area contributed by atoms with Crippen molar-refractivity contribution in [3.05, 3.63) is 51.7 Å². The first-order chi connectivity index (χ1) is 14.3. The van der Waals surface area contributed by atoms with Gasteiger partial charge in [0.15, 0.2) is 5.72 Å². The van der Waals surface area contributed by atoms with Crippen molar-refractivity contribution in [2.45, 2.75) is 44.9 Å². The molecule has 4 rings (SSSR count). The van der Waals surface area contributed by atoms with E-state index >= 15 is 0 Å². The molecule has 2 N–H and O–H groups in total. The minimum atomic E-state index is -0.926. The van der Waals surface area contributed by atoms with Gasteiger partial charge in [-0.15, -0.1) is 11.3 Å². The first-order valence-corrected chi connectivity index (χ1v) is 11.0. The number of aryl methyl sites for hydroxylation is 1. The van der Waals surface area contributed by atoms with Gasteiger partial charge in [-0.2, -0.15) is 0 Å². The lowest BCUT2D eigenvalue weighted by Crippen LogP contribution is -2.56. The molecule has 0 aliphatic carbocycles. The molecular weight excluding hydrogens is 402 g/mol. The molecular formula is C22H25N3O4S. The van der Waals surface area contributed by atoms with Crippen LogP contribution in [0.2, 0.25) is 0 Å². The van der Waals surface area contributed by atoms with Crippen molar-refractivity contribution in [1.29, 1.82) is 0 Å². The van der Waals surface area contributed by atoms with Crippen molar-refractivity contribution in [1.82, 2.24) is 15.5 Å². The van der Waals surface area contributed by atoms with Crippen molar-refractivity contribution in [3.63, 3.8) is 0 Å². The molecule has 158 valence electrons. The predicted molar refractivity (Wildman–Crippen MR) is 113 cm³/mol. The lowest BCUT2D eigenvalue weighted by atomic mass is 9.99. The molecule has 7 nitrogen and oxygen atoms in total. The number of fused-ring (bicyclic) bond motifs is 1. The number of hydrogen-bond acceptors (Lipinski definition) is 5. The highest BCUT2D eigenvalue weighted by molar-refractivity contribution is 7.10. The van der Waals surface area contributed by atoms with Crippen LogP contribution in [0, 0.1) is 6.92 Å². The first-order valence-electron chi connectivity index (χ1n) is 10.1. The average molecular weight is 428 g/mol. The molecule has 1 aromatic heterocycles. The Bertz CT molecular complexity index is 975. The Morgan fingerprint density at radius 2 is 2.17 bits per heavy atom. The molecule has 8 heteroatoms. The van der Waals surface area contributed by atoms with Gasteiger partial charge in [-0.3, -0.25) is 14.4 Å². The monoisotopic (exact) mass is 427 g/mol. The Labute approximate surface area is 179 Å². The van der Waals surface area contributed by atoms with E-state index in [-0.39, 0.29) is 36.7 Å². The van der Waals surface area contributed by atoms with E-state index in [2.05, 4.69) is 10.6 Å². The third-order valence-corrected chi connectivity index (χ3v) is 6.64. The Hall–Kier alpha value is -2.87. The van der Waals surface area contributed by atoms with Crippen molar-refractivity contribution in [3.8, 4) is 5.75 Å². The van der Waals surface area contributed by atoms with Crippen molar-refractivity contribution in [2.75, 3.05) is 13.1 Å². The molecule has 1 aromatic carbocycles. The number of likely N-dealkylation sites (tertiary alicyclic amines) is 1. The maximum atomic E-state index is 12.6. The predicted octanol–water partition coefficient (Wildman–Crippen LogP) is 2.76. The summed E-state index contributed by atoms with van der Waals surface area (Å²) in [6.07, 6.45) is 0.995. The summed E-state index contributed by atoms with van der Waals surface area (Å²) in [7, 11) is 0. The lowest BCUT2D eigenvalue weighted by molar-refractivity contribution is -0.135. The van der Waals surface area contributed by atoms with E-state index in [1.165, 1.54) is 0 Å². The molecule has 3 amide bonds. The summed E-state index contributed by atoms with van der Waals surface area (Å²) >= 11 is 1.58. The summed E-state index contributed by atoms with van der Waals surface area (Å²) < 4.78 is 6.17. The fraction of sp³-hybridized carbons (Fsp3) is 0.409. The van der Waals surface area contributed by atoms with Crippen LogP contribution in [-0.2, 0) is 9.59 Å². The average Bonchev–Trinajstić information content (AvgIpc) is 3.21. The number of rotatable bonds is 4. The number of amides is 3. The Morgan fingerprint density at radius 3 is 2.93 bits per heavy atom. The van der Waals surface area contributed by atoms with Crippen LogP contribution >= 0.6 is 11.3 Å². The smallest absolute Gasteiger partial charge is 0.258 e. The highest BCUT2D eigenvalue weighted by Crippen LogP contribution is 2.34. The SMILES string of the molecule is Cc1ccc2c(c1)C(=O)N[C@]1(CCC(=O)N(CC(=O)N[C@@H](C)c3cccs3)CC1)O2. The number of benzene rings is 1. The summed E-state index contributed by atoms with van der Waals surface area (Å²) in [6.45, 7) is 4.17. The highest BCUT2D eigenvalue weighted by Gasteiger charge is 2.42. The first kappa shape index (κ1) is 20.4. The highest BCUT2D eigenvalue weighted by atomic mass is 32.1. The minimum Gasteiger partial charge on any atom is -0.467 e. The fourth-order valence-corrected chi connectivity index (χ4v) is 4.65. The van der Waals surface area contributed by atoms with Gasteiger partial charge in [-0.25, -0.2) is 0 Å². The van der Waals surface area contributed by atoms with E-state index in [1.807, 2.05) is 37.4 Å². The molecule has 1 spiro atoms. The van der Waals surface area contributed by atoms with Crippen molar-refractivity contribution < 1.29 is 19.1 Å². The van der Waals surface area contributed by atoms with Crippen LogP contribution in [-0.4, -0.2) is 41.4 Å². The number of nitrogens with zero attached hydrogens (tertiary/aromatic N) is 1. The van der Waals surface area contributed by atoms with Gasteiger partial charge < -0.3 is 20.3 Å². The summed E-state index contributed by atoms with van der Waals surface area (Å²) in [5.74, 6) is 0.0316. The summed E-state index contributed by atoms with van der Waals surface area (Å²) in [6, 6.07) is 9.31. The van der Waals surface area contributed by atoms with Gasteiger partial charge in [-0.05, 0) is 37.4 Å². The Balaban J connectivity index is 1.41. The van der Waals surface area contributed by atoms with E-state index in [0.29, 0.717) is 30.7 Å². The molecule has 1 fully saturated rings. The molecule has 30 heavy (non-hydrogen) atoms. The normalized spacial score (nSPS) is 22.0. The standard InChI is InChI=1S/C22H25N3O4S/c1-14-5-6-17-16(12-14)21(28)24-22(29-17)8-7-20(27)25(10-9-22)13-19(26)23-15(2)18-4-3-11-30-18/h3-6,11-12,15H,7-10,13H2,1-2H3,(H,23,26)(H,24,28)/t15-,22+/m0/s1. The van der Waals surface area contributed by atoms with E-state index < -0.39 is 5.72 Å². The van der Waals surface area contributed by atoms with Crippen LogP contribution < -0.4 is 15.4 Å². The van der Waals surface area contributed by atoms with Crippen LogP contribution in [0.3, 0.4) is 0 Å². The van der Waals surface area contributed by atoms with Gasteiger partial charge >= 0.3 is 0 Å². The van der Waals surface area contributed by atoms with E-state index in [9.17, 15) is 14.4 Å². The maximum absolute atomic E-state index is 12.6. The largest absolute Gasteiger partial charge is 0.467 e. The van der Waals surface area contributed by atoms with E-state index in [4.69, 9.17) is 4.74 Å². The van der Waals surface area contributed by atoms with Crippen LogP contribution in [0.25, 0.3) is 0 Å². The molecule has 0 unspecified atom stereocenters. The fourth-order valence-electron chi connectivity index (χ4n) is 3.92. The van der Waals surface area contributed by atoms with Gasteiger partial charge in [0.05, 0.1) is 18.2 Å². The number of hydrogen-bond donors (Lipinski definition) is 2. The zero-order valence-electron chi connectivity index (χ0n) is 17.1. The maximum Gasteiger partial charge on any atom is 0.258 e. The van der Waals surface area contributed by atoms with Crippen molar-refractivity contribution in [2.24, 2.45) is 0 Å². The molecule has 3 heterocycles. The zero-order chi connectivity index (χ0) is 21.3. The molecule has 2 aliphatic rings. The quantitative estimate of drug-likeness (QED) is 0.786. The topological polar surface area (TPSA) is 87.7 Å².